The molecule has 0 radical (unpaired) electrons. The van der Waals surface area contributed by atoms with Crippen LogP contribution < -0.4 is 9.64 Å². The highest BCUT2D eigenvalue weighted by Crippen LogP contribution is 2.28. The number of pyridine rings is 1. The molecule has 0 spiro atoms. The quantitative estimate of drug-likeness (QED) is 0.792. The molecule has 0 saturated heterocycles. The molecule has 0 unspecified atom stereocenters. The fourth-order valence-electron chi connectivity index (χ4n) is 3.19. The number of ether oxygens (including phenoxy) is 2. The van der Waals surface area contributed by atoms with E-state index in [0.29, 0.717) is 23.4 Å². The largest absolute Gasteiger partial charge is 0.496 e. The molecule has 1 aliphatic heterocycles. The van der Waals surface area contributed by atoms with Crippen LogP contribution in [0.15, 0.2) is 30.3 Å². The first-order chi connectivity index (χ1) is 12.5. The first-order valence-electron chi connectivity index (χ1n) is 8.60. The third-order valence-electron chi connectivity index (χ3n) is 4.52. The maximum Gasteiger partial charge on any atom is 0.341 e. The number of methoxy groups -OCH3 is 2. The minimum atomic E-state index is -0.499. The lowest BCUT2D eigenvalue weighted by Gasteiger charge is -2.23. The van der Waals surface area contributed by atoms with Crippen LogP contribution in [0.2, 0.25) is 0 Å². The molecule has 2 heterocycles. The van der Waals surface area contributed by atoms with Crippen molar-refractivity contribution in [1.82, 2.24) is 4.98 Å². The van der Waals surface area contributed by atoms with E-state index in [1.165, 1.54) is 14.2 Å². The number of esters is 1. The van der Waals surface area contributed by atoms with Crippen LogP contribution in [-0.4, -0.2) is 37.6 Å². The van der Waals surface area contributed by atoms with Crippen LogP contribution in [0.4, 0.5) is 5.69 Å². The van der Waals surface area contributed by atoms with Crippen molar-refractivity contribution in [2.75, 3.05) is 25.7 Å². The van der Waals surface area contributed by atoms with Gasteiger partial charge >= 0.3 is 5.97 Å². The molecule has 1 aromatic heterocycles. The number of carbonyl (C=O) groups is 2. The molecule has 2 aromatic rings. The van der Waals surface area contributed by atoms with E-state index >= 15 is 0 Å². The predicted octanol–water partition coefficient (Wildman–Crippen LogP) is 3.17. The highest BCUT2D eigenvalue weighted by atomic mass is 16.5. The molecule has 0 saturated carbocycles. The van der Waals surface area contributed by atoms with E-state index in [1.54, 1.807) is 23.1 Å². The number of benzene rings is 1. The molecule has 1 aromatic carbocycles. The first kappa shape index (κ1) is 17.9. The minimum absolute atomic E-state index is 0.131. The Hall–Kier alpha value is -2.89. The van der Waals surface area contributed by atoms with Crippen LogP contribution in [0.1, 0.15) is 44.9 Å². The van der Waals surface area contributed by atoms with E-state index in [4.69, 9.17) is 9.47 Å². The second kappa shape index (κ2) is 7.56. The van der Waals surface area contributed by atoms with Gasteiger partial charge in [0.15, 0.2) is 0 Å². The van der Waals surface area contributed by atoms with Crippen molar-refractivity contribution < 1.29 is 19.1 Å². The summed E-state index contributed by atoms with van der Waals surface area (Å²) in [4.78, 5) is 31.3. The van der Waals surface area contributed by atoms with Gasteiger partial charge in [-0.1, -0.05) is 0 Å². The number of hydrogen-bond acceptors (Lipinski definition) is 5. The van der Waals surface area contributed by atoms with Gasteiger partial charge in [-0.25, -0.2) is 4.79 Å². The van der Waals surface area contributed by atoms with Gasteiger partial charge in [0.05, 0.1) is 25.6 Å². The highest BCUT2D eigenvalue weighted by molar-refractivity contribution is 6.07. The zero-order valence-corrected chi connectivity index (χ0v) is 15.2. The molecule has 0 atom stereocenters. The van der Waals surface area contributed by atoms with Gasteiger partial charge in [0.25, 0.3) is 5.91 Å². The molecule has 26 heavy (non-hydrogen) atoms. The summed E-state index contributed by atoms with van der Waals surface area (Å²) in [7, 11) is 2.77. The average molecular weight is 354 g/mol. The molecule has 0 N–H and O–H groups in total. The predicted molar refractivity (Wildman–Crippen MR) is 97.9 cm³/mol. The molecule has 1 aliphatic rings. The molecule has 3 rings (SSSR count). The van der Waals surface area contributed by atoms with Gasteiger partial charge in [0.1, 0.15) is 11.3 Å². The Balaban J connectivity index is 1.98. The normalized spacial score (nSPS) is 13.6. The number of aryl methyl sites for hydroxylation is 2. The smallest absolute Gasteiger partial charge is 0.341 e. The lowest BCUT2D eigenvalue weighted by atomic mass is 10.1. The van der Waals surface area contributed by atoms with Crippen molar-refractivity contribution >= 4 is 17.6 Å². The molecular formula is C20H22N2O4. The van der Waals surface area contributed by atoms with Gasteiger partial charge in [-0.05, 0) is 56.5 Å². The first-order valence-corrected chi connectivity index (χ1v) is 8.60. The van der Waals surface area contributed by atoms with Crippen LogP contribution in [0.25, 0.3) is 0 Å². The summed E-state index contributed by atoms with van der Waals surface area (Å²) in [6.45, 7) is 2.59. The van der Waals surface area contributed by atoms with Crippen molar-refractivity contribution in [3.05, 3.63) is 52.8 Å². The maximum absolute atomic E-state index is 13.1. The summed E-state index contributed by atoms with van der Waals surface area (Å²) in [5.74, 6) is -0.311. The molecule has 6 heteroatoms. The minimum Gasteiger partial charge on any atom is -0.496 e. The van der Waals surface area contributed by atoms with E-state index in [-0.39, 0.29) is 5.91 Å². The number of hydrogen-bond donors (Lipinski definition) is 0. The van der Waals surface area contributed by atoms with Crippen LogP contribution in [0.5, 0.6) is 5.75 Å². The molecule has 1 amide bonds. The monoisotopic (exact) mass is 354 g/mol. The van der Waals surface area contributed by atoms with E-state index in [1.807, 2.05) is 19.1 Å². The summed E-state index contributed by atoms with van der Waals surface area (Å²) < 4.78 is 10.0. The topological polar surface area (TPSA) is 68.7 Å². The van der Waals surface area contributed by atoms with Crippen molar-refractivity contribution in [2.24, 2.45) is 0 Å². The van der Waals surface area contributed by atoms with E-state index in [9.17, 15) is 9.59 Å². The van der Waals surface area contributed by atoms with Gasteiger partial charge < -0.3 is 14.4 Å². The summed E-state index contributed by atoms with van der Waals surface area (Å²) in [6.07, 6.45) is 2.78. The Bertz CT molecular complexity index is 848. The fourth-order valence-corrected chi connectivity index (χ4v) is 3.19. The highest BCUT2D eigenvalue weighted by Gasteiger charge is 2.24. The van der Waals surface area contributed by atoms with E-state index in [2.05, 4.69) is 4.98 Å². The van der Waals surface area contributed by atoms with Crippen LogP contribution in [0, 0.1) is 6.92 Å². The van der Waals surface area contributed by atoms with Crippen LogP contribution in [0.3, 0.4) is 0 Å². The van der Waals surface area contributed by atoms with Crippen molar-refractivity contribution in [3.8, 4) is 5.75 Å². The second-order valence-corrected chi connectivity index (χ2v) is 6.24. The number of fused-ring (bicyclic) bond motifs is 1. The van der Waals surface area contributed by atoms with Gasteiger partial charge in [-0.15, -0.1) is 0 Å². The summed E-state index contributed by atoms with van der Waals surface area (Å²) >= 11 is 0. The molecule has 0 fully saturated rings. The number of amides is 1. The molecule has 0 aliphatic carbocycles. The third-order valence-corrected chi connectivity index (χ3v) is 4.52. The second-order valence-electron chi connectivity index (χ2n) is 6.24. The fraction of sp³-hybridized carbons (Fsp3) is 0.350. The average Bonchev–Trinajstić information content (AvgIpc) is 2.88. The lowest BCUT2D eigenvalue weighted by Crippen LogP contribution is -2.32. The van der Waals surface area contributed by atoms with E-state index < -0.39 is 5.97 Å². The molecular weight excluding hydrogens is 332 g/mol. The zero-order valence-electron chi connectivity index (χ0n) is 15.2. The van der Waals surface area contributed by atoms with Gasteiger partial charge in [-0.3, -0.25) is 9.78 Å². The summed E-state index contributed by atoms with van der Waals surface area (Å²) in [5.41, 5.74) is 3.51. The van der Waals surface area contributed by atoms with Crippen molar-refractivity contribution in [2.45, 2.75) is 26.2 Å². The number of anilines is 1. The van der Waals surface area contributed by atoms with E-state index in [0.717, 1.165) is 36.3 Å². The molecule has 136 valence electrons. The molecule has 6 nitrogen and oxygen atoms in total. The Labute approximate surface area is 152 Å². The van der Waals surface area contributed by atoms with Crippen molar-refractivity contribution in [1.29, 1.82) is 0 Å². The maximum atomic E-state index is 13.1. The number of rotatable bonds is 3. The summed E-state index contributed by atoms with van der Waals surface area (Å²) in [6, 6.07) is 8.65. The number of aromatic nitrogens is 1. The standard InChI is InChI=1S/C20H22N2O4/c1-13-7-10-17-16(21-13)6-4-5-11-22(17)19(23)14-8-9-15(20(24)26-3)18(12-14)25-2/h7-10,12H,4-6,11H2,1-3H3. The number of carbonyl (C=O) groups excluding carboxylic acids is 2. The van der Waals surface area contributed by atoms with Gasteiger partial charge in [-0.2, -0.15) is 0 Å². The zero-order chi connectivity index (χ0) is 18.7. The SMILES string of the molecule is COC(=O)c1ccc(C(=O)N2CCCCc3nc(C)ccc32)cc1OC. The Morgan fingerprint density at radius 2 is 1.92 bits per heavy atom. The van der Waals surface area contributed by atoms with Crippen LogP contribution >= 0.6 is 0 Å². The van der Waals surface area contributed by atoms with Gasteiger partial charge in [0.2, 0.25) is 0 Å². The Kier molecular flexibility index (Phi) is 5.21. The Morgan fingerprint density at radius 3 is 2.65 bits per heavy atom. The summed E-state index contributed by atoms with van der Waals surface area (Å²) in [5, 5.41) is 0. The van der Waals surface area contributed by atoms with Gasteiger partial charge in [0, 0.05) is 17.8 Å². The number of nitrogens with zero attached hydrogens (tertiary/aromatic N) is 2. The lowest BCUT2D eigenvalue weighted by molar-refractivity contribution is 0.0596. The third kappa shape index (κ3) is 3.40. The molecule has 0 bridgehead atoms. The van der Waals surface area contributed by atoms with Crippen molar-refractivity contribution in [3.63, 3.8) is 0 Å². The Morgan fingerprint density at radius 1 is 1.12 bits per heavy atom. The van der Waals surface area contributed by atoms with Crippen LogP contribution in [-0.2, 0) is 11.2 Å².